The number of aromatic nitrogens is 1. The van der Waals surface area contributed by atoms with E-state index in [4.69, 9.17) is 4.42 Å². The third-order valence-corrected chi connectivity index (χ3v) is 15.6. The van der Waals surface area contributed by atoms with Gasteiger partial charge in [-0.25, -0.2) is 0 Å². The van der Waals surface area contributed by atoms with Gasteiger partial charge in [0.2, 0.25) is 5.71 Å². The van der Waals surface area contributed by atoms with E-state index in [1.54, 1.807) is 0 Å². The van der Waals surface area contributed by atoms with Crippen molar-refractivity contribution in [3.8, 4) is 16.8 Å². The van der Waals surface area contributed by atoms with Crippen LogP contribution in [0.3, 0.4) is 0 Å². The van der Waals surface area contributed by atoms with Crippen molar-refractivity contribution < 1.29 is 4.42 Å². The molecular formula is C67H66BN3O. The second-order valence-corrected chi connectivity index (χ2v) is 24.8. The number of anilines is 6. The second-order valence-electron chi connectivity index (χ2n) is 24.8. The molecule has 0 radical (unpaired) electrons. The van der Waals surface area contributed by atoms with Crippen molar-refractivity contribution in [3.05, 3.63) is 192 Å². The summed E-state index contributed by atoms with van der Waals surface area (Å²) in [4.78, 5) is 5.06. The molecule has 4 nitrogen and oxygen atoms in total. The number of furan rings is 1. The van der Waals surface area contributed by atoms with Gasteiger partial charge in [-0.15, -0.1) is 0 Å². The van der Waals surface area contributed by atoms with Gasteiger partial charge in [0.05, 0.1) is 16.6 Å². The van der Waals surface area contributed by atoms with Gasteiger partial charge in [0.1, 0.15) is 5.58 Å². The largest absolute Gasteiger partial charge is 0.439 e. The zero-order valence-corrected chi connectivity index (χ0v) is 44.4. The van der Waals surface area contributed by atoms with Crippen LogP contribution in [0.5, 0.6) is 0 Å². The number of nitrogens with zero attached hydrogens (tertiary/aromatic N) is 3. The maximum Gasteiger partial charge on any atom is 0.252 e. The molecule has 0 fully saturated rings. The lowest BCUT2D eigenvalue weighted by Crippen LogP contribution is -2.60. The molecule has 0 saturated heterocycles. The molecule has 2 aliphatic heterocycles. The fraction of sp³-hybridized carbons (Fsp3) is 0.254. The van der Waals surface area contributed by atoms with E-state index in [-0.39, 0.29) is 28.4 Å². The van der Waals surface area contributed by atoms with Crippen molar-refractivity contribution in [1.82, 2.24) is 4.57 Å². The van der Waals surface area contributed by atoms with Crippen molar-refractivity contribution in [3.63, 3.8) is 0 Å². The predicted molar refractivity (Wildman–Crippen MR) is 310 cm³/mol. The van der Waals surface area contributed by atoms with Crippen LogP contribution in [0.4, 0.5) is 34.1 Å². The summed E-state index contributed by atoms with van der Waals surface area (Å²) in [6.07, 6.45) is 0. The summed E-state index contributed by atoms with van der Waals surface area (Å²) in [5.74, 6) is 0. The van der Waals surface area contributed by atoms with E-state index in [0.29, 0.717) is 0 Å². The number of fused-ring (bicyclic) bond motifs is 9. The van der Waals surface area contributed by atoms with E-state index in [1.165, 1.54) is 88.7 Å². The van der Waals surface area contributed by atoms with Crippen LogP contribution in [-0.2, 0) is 21.7 Å². The summed E-state index contributed by atoms with van der Waals surface area (Å²) in [7, 11) is 0. The first-order valence-corrected chi connectivity index (χ1v) is 26.0. The smallest absolute Gasteiger partial charge is 0.252 e. The Labute approximate surface area is 427 Å². The van der Waals surface area contributed by atoms with Crippen LogP contribution in [-0.4, -0.2) is 11.3 Å². The van der Waals surface area contributed by atoms with E-state index in [2.05, 4.69) is 268 Å². The lowest BCUT2D eigenvalue weighted by Gasteiger charge is -2.42. The molecule has 0 unspecified atom stereocenters. The minimum Gasteiger partial charge on any atom is -0.439 e. The lowest BCUT2D eigenvalue weighted by atomic mass is 9.33. The second kappa shape index (κ2) is 15.9. The van der Waals surface area contributed by atoms with Gasteiger partial charge in [0.15, 0.2) is 0 Å². The number of para-hydroxylation sites is 1. The molecule has 358 valence electrons. The number of aryl methyl sites for hydroxylation is 1. The summed E-state index contributed by atoms with van der Waals surface area (Å²) in [5.41, 5.74) is 23.7. The molecule has 0 aliphatic carbocycles. The summed E-state index contributed by atoms with van der Waals surface area (Å²) >= 11 is 0. The third-order valence-electron chi connectivity index (χ3n) is 15.6. The molecule has 72 heavy (non-hydrogen) atoms. The van der Waals surface area contributed by atoms with Gasteiger partial charge < -0.3 is 14.2 Å². The monoisotopic (exact) mass is 940 g/mol. The predicted octanol–water partition coefficient (Wildman–Crippen LogP) is 16.8. The van der Waals surface area contributed by atoms with E-state index in [9.17, 15) is 0 Å². The fourth-order valence-corrected chi connectivity index (χ4v) is 11.6. The molecule has 8 aromatic carbocycles. The van der Waals surface area contributed by atoms with Crippen molar-refractivity contribution in [2.24, 2.45) is 0 Å². The highest BCUT2D eigenvalue weighted by Crippen LogP contribution is 2.49. The van der Waals surface area contributed by atoms with Gasteiger partial charge in [-0.3, -0.25) is 4.57 Å². The average molecular weight is 940 g/mol. The quantitative estimate of drug-likeness (QED) is 0.161. The van der Waals surface area contributed by atoms with Crippen molar-refractivity contribution in [1.29, 1.82) is 0 Å². The summed E-state index contributed by atoms with van der Waals surface area (Å²) in [5, 5.41) is 3.59. The Morgan fingerprint density at radius 1 is 0.444 bits per heavy atom. The molecule has 10 aromatic rings. The Balaban J connectivity index is 1.20. The van der Waals surface area contributed by atoms with Crippen LogP contribution in [0.25, 0.3) is 49.8 Å². The van der Waals surface area contributed by atoms with Gasteiger partial charge in [0.25, 0.3) is 6.71 Å². The molecule has 0 spiro atoms. The molecule has 0 atom stereocenters. The Kier molecular flexibility index (Phi) is 10.1. The fourth-order valence-electron chi connectivity index (χ4n) is 11.6. The summed E-state index contributed by atoms with van der Waals surface area (Å²) < 4.78 is 9.49. The molecule has 0 N–H and O–H groups in total. The van der Waals surface area contributed by atoms with E-state index >= 15 is 0 Å². The molecule has 0 amide bonds. The van der Waals surface area contributed by atoms with Crippen LogP contribution in [0.1, 0.15) is 111 Å². The molecule has 12 rings (SSSR count). The third kappa shape index (κ3) is 7.25. The highest BCUT2D eigenvalue weighted by molar-refractivity contribution is 7.00. The van der Waals surface area contributed by atoms with Crippen molar-refractivity contribution in [2.75, 3.05) is 9.80 Å². The highest BCUT2D eigenvalue weighted by Gasteiger charge is 2.44. The first kappa shape index (κ1) is 45.9. The van der Waals surface area contributed by atoms with Gasteiger partial charge in [-0.2, -0.15) is 0 Å². The standard InChI is InChI=1S/C67H66BN3O/c1-41-35-57-61-58(36-41)71-62-52(60-50-21-17-18-22-59(50)72-63(60)71)38-46(67(11,12)13)39-54(62)68(61)53-33-32-49(40-56(53)70(57)55-34-27-45(66(8,9)10)37-51(55)42-19-15-14-16-20-42)69(47-28-23-43(24-29-47)64(2,3)4)48-30-25-44(26-31-48)65(5,6)7/h14-40H,1-13H3. The first-order valence-electron chi connectivity index (χ1n) is 26.0. The zero-order chi connectivity index (χ0) is 50.4. The molecule has 2 aromatic heterocycles. The van der Waals surface area contributed by atoms with Crippen LogP contribution in [0.2, 0.25) is 0 Å². The van der Waals surface area contributed by atoms with Crippen LogP contribution in [0, 0.1) is 6.92 Å². The van der Waals surface area contributed by atoms with Gasteiger partial charge in [-0.05, 0) is 151 Å². The summed E-state index contributed by atoms with van der Waals surface area (Å²) in [6.45, 7) is 29.9. The van der Waals surface area contributed by atoms with Crippen LogP contribution in [0.15, 0.2) is 168 Å². The zero-order valence-electron chi connectivity index (χ0n) is 44.4. The van der Waals surface area contributed by atoms with Crippen molar-refractivity contribution in [2.45, 2.75) is 112 Å². The normalized spacial score (nSPS) is 13.6. The minimum atomic E-state index is -0.104. The lowest BCUT2D eigenvalue weighted by molar-refractivity contribution is 0.590. The van der Waals surface area contributed by atoms with E-state index < -0.39 is 0 Å². The Morgan fingerprint density at radius 3 is 1.64 bits per heavy atom. The minimum absolute atomic E-state index is 0.0264. The Bertz CT molecular complexity index is 3730. The number of benzene rings is 8. The molecule has 5 heteroatoms. The molecule has 4 heterocycles. The van der Waals surface area contributed by atoms with E-state index in [0.717, 1.165) is 39.4 Å². The SMILES string of the molecule is Cc1cc2c3c(c1)-n1c4oc5ccccc5c4c4cc(C(C)(C)C)cc(c41)B3c1ccc(N(c3ccc(C(C)(C)C)cc3)c3ccc(C(C)(C)C)cc3)cc1N2c1ccc(C(C)(C)C)cc1-c1ccccc1. The average Bonchev–Trinajstić information content (AvgIpc) is 3.87. The highest BCUT2D eigenvalue weighted by atomic mass is 16.3. The Hall–Kier alpha value is -7.24. The summed E-state index contributed by atoms with van der Waals surface area (Å²) in [6, 6.07) is 62.4. The molecule has 0 bridgehead atoms. The van der Waals surface area contributed by atoms with Crippen LogP contribution >= 0.6 is 0 Å². The van der Waals surface area contributed by atoms with Gasteiger partial charge in [-0.1, -0.05) is 174 Å². The molecule has 0 saturated carbocycles. The van der Waals surface area contributed by atoms with E-state index in [1.807, 2.05) is 0 Å². The molecular weight excluding hydrogens is 874 g/mol. The molecule has 2 aliphatic rings. The van der Waals surface area contributed by atoms with Crippen LogP contribution < -0.4 is 26.2 Å². The van der Waals surface area contributed by atoms with Gasteiger partial charge in [0, 0.05) is 50.5 Å². The topological polar surface area (TPSA) is 24.6 Å². The number of rotatable bonds is 5. The van der Waals surface area contributed by atoms with Crippen molar-refractivity contribution >= 4 is 90.2 Å². The first-order chi connectivity index (χ1) is 34.1. The number of hydrogen-bond acceptors (Lipinski definition) is 3. The Morgan fingerprint density at radius 2 is 1.01 bits per heavy atom. The maximum absolute atomic E-state index is 7.02. The number of hydrogen-bond donors (Lipinski definition) is 0. The van der Waals surface area contributed by atoms with Gasteiger partial charge >= 0.3 is 0 Å². The maximum atomic E-state index is 7.02.